The van der Waals surface area contributed by atoms with Gasteiger partial charge in [-0.15, -0.1) is 0 Å². The Morgan fingerprint density at radius 1 is 1.13 bits per heavy atom. The molecule has 0 spiro atoms. The summed E-state index contributed by atoms with van der Waals surface area (Å²) >= 11 is 6.01. The van der Waals surface area contributed by atoms with Gasteiger partial charge in [-0.25, -0.2) is 4.98 Å². The highest BCUT2D eigenvalue weighted by molar-refractivity contribution is 6.30. The van der Waals surface area contributed by atoms with Crippen molar-refractivity contribution in [3.8, 4) is 5.75 Å². The van der Waals surface area contributed by atoms with Crippen LogP contribution in [0.1, 0.15) is 25.0 Å². The topological polar surface area (TPSA) is 67.2 Å². The minimum atomic E-state index is -0.576. The second-order valence-electron chi connectivity index (χ2n) is 8.00. The smallest absolute Gasteiger partial charge is 0.265 e. The number of piperidine rings is 1. The van der Waals surface area contributed by atoms with Gasteiger partial charge in [-0.1, -0.05) is 23.7 Å². The molecule has 2 aromatic heterocycles. The lowest BCUT2D eigenvalue weighted by Crippen LogP contribution is -2.51. The van der Waals surface area contributed by atoms with Crippen molar-refractivity contribution in [2.45, 2.75) is 31.9 Å². The lowest BCUT2D eigenvalue weighted by molar-refractivity contribution is -0.139. The van der Waals surface area contributed by atoms with Gasteiger partial charge in [0.2, 0.25) is 0 Å². The van der Waals surface area contributed by atoms with Crippen molar-refractivity contribution in [3.63, 3.8) is 0 Å². The van der Waals surface area contributed by atoms with E-state index in [1.165, 1.54) is 16.9 Å². The highest BCUT2D eigenvalue weighted by Gasteiger charge is 2.34. The van der Waals surface area contributed by atoms with Crippen LogP contribution in [0.2, 0.25) is 5.02 Å². The zero-order chi connectivity index (χ0) is 21.4. The fourth-order valence-electron chi connectivity index (χ4n) is 4.31. The molecule has 0 bridgehead atoms. The van der Waals surface area contributed by atoms with Crippen LogP contribution in [-0.2, 0) is 11.3 Å². The van der Waals surface area contributed by atoms with Crippen LogP contribution in [0.4, 0.5) is 5.69 Å². The van der Waals surface area contributed by atoms with Gasteiger partial charge in [0.15, 0.2) is 6.10 Å². The highest BCUT2D eigenvalue weighted by Crippen LogP contribution is 2.34. The maximum absolute atomic E-state index is 13.1. The van der Waals surface area contributed by atoms with Crippen molar-refractivity contribution in [2.24, 2.45) is 0 Å². The molecular formula is C23H23ClN4O3. The summed E-state index contributed by atoms with van der Waals surface area (Å²) < 4.78 is 7.52. The zero-order valence-electron chi connectivity index (χ0n) is 17.0. The van der Waals surface area contributed by atoms with Gasteiger partial charge in [0.25, 0.3) is 11.5 Å². The number of benzene rings is 1. The number of pyridine rings is 1. The standard InChI is InChI=1S/C23H23ClN4O3/c24-16-8-9-21-25-17(12-22(29)28(21)13-16)14-27-15-20(23(30)26-10-4-1-5-11-26)31-19-7-3-2-6-18(19)27/h2-3,6-9,12-13,20H,1,4-5,10-11,14-15H2. The van der Waals surface area contributed by atoms with Crippen molar-refractivity contribution in [2.75, 3.05) is 24.5 Å². The molecule has 8 heteroatoms. The van der Waals surface area contributed by atoms with Crippen molar-refractivity contribution in [1.29, 1.82) is 0 Å². The molecule has 3 aromatic rings. The summed E-state index contributed by atoms with van der Waals surface area (Å²) in [5.74, 6) is 0.703. The number of halogens is 1. The van der Waals surface area contributed by atoms with Crippen molar-refractivity contribution >= 4 is 28.8 Å². The number of rotatable bonds is 3. The quantitative estimate of drug-likeness (QED) is 0.628. The predicted octanol–water partition coefficient (Wildman–Crippen LogP) is 3.13. The Balaban J connectivity index is 1.45. The van der Waals surface area contributed by atoms with E-state index in [1.54, 1.807) is 18.3 Å². The largest absolute Gasteiger partial charge is 0.477 e. The predicted molar refractivity (Wildman–Crippen MR) is 119 cm³/mol. The Morgan fingerprint density at radius 2 is 1.94 bits per heavy atom. The van der Waals surface area contributed by atoms with Crippen LogP contribution in [-0.4, -0.2) is 45.9 Å². The van der Waals surface area contributed by atoms with Gasteiger partial charge >= 0.3 is 0 Å². The first-order valence-electron chi connectivity index (χ1n) is 10.6. The van der Waals surface area contributed by atoms with E-state index in [0.717, 1.165) is 31.6 Å². The number of nitrogens with zero attached hydrogens (tertiary/aromatic N) is 4. The number of likely N-dealkylation sites (tertiary alicyclic amines) is 1. The van der Waals surface area contributed by atoms with Crippen LogP contribution in [0.25, 0.3) is 5.65 Å². The molecule has 160 valence electrons. The first-order valence-corrected chi connectivity index (χ1v) is 10.9. The number of aromatic nitrogens is 2. The Morgan fingerprint density at radius 3 is 2.77 bits per heavy atom. The van der Waals surface area contributed by atoms with Crippen LogP contribution in [0.3, 0.4) is 0 Å². The van der Waals surface area contributed by atoms with E-state index < -0.39 is 6.10 Å². The molecule has 0 radical (unpaired) electrons. The molecule has 0 aliphatic carbocycles. The molecule has 1 unspecified atom stereocenters. The molecule has 1 fully saturated rings. The fourth-order valence-corrected chi connectivity index (χ4v) is 4.47. The number of ether oxygens (including phenoxy) is 1. The summed E-state index contributed by atoms with van der Waals surface area (Å²) in [6.45, 7) is 2.38. The molecule has 4 heterocycles. The van der Waals surface area contributed by atoms with E-state index in [2.05, 4.69) is 9.88 Å². The first kappa shape index (κ1) is 19.9. The average molecular weight is 439 g/mol. The summed E-state index contributed by atoms with van der Waals surface area (Å²) in [6, 6.07) is 12.6. The zero-order valence-corrected chi connectivity index (χ0v) is 17.8. The Labute approximate surface area is 184 Å². The SMILES string of the molecule is O=C(C1CN(Cc2cc(=O)n3cc(Cl)ccc3n2)c2ccccc2O1)N1CCCCC1. The number of para-hydroxylation sites is 2. The van der Waals surface area contributed by atoms with E-state index in [1.807, 2.05) is 29.2 Å². The van der Waals surface area contributed by atoms with Gasteiger partial charge < -0.3 is 14.5 Å². The molecule has 0 saturated carbocycles. The van der Waals surface area contributed by atoms with E-state index in [0.29, 0.717) is 35.2 Å². The minimum Gasteiger partial charge on any atom is -0.477 e. The van der Waals surface area contributed by atoms with Crippen LogP contribution in [0.15, 0.2) is 53.5 Å². The van der Waals surface area contributed by atoms with E-state index >= 15 is 0 Å². The minimum absolute atomic E-state index is 0.0281. The molecule has 5 rings (SSSR count). The Bertz CT molecular complexity index is 1190. The third-order valence-corrected chi connectivity index (χ3v) is 6.06. The number of hydrogen-bond acceptors (Lipinski definition) is 5. The normalized spacial score (nSPS) is 18.5. The van der Waals surface area contributed by atoms with E-state index in [-0.39, 0.29) is 11.5 Å². The maximum atomic E-state index is 13.1. The van der Waals surface area contributed by atoms with Crippen LogP contribution < -0.4 is 15.2 Å². The molecule has 2 aliphatic heterocycles. The molecule has 31 heavy (non-hydrogen) atoms. The number of carbonyl (C=O) groups is 1. The van der Waals surface area contributed by atoms with Gasteiger partial charge in [-0.2, -0.15) is 0 Å². The van der Waals surface area contributed by atoms with E-state index in [4.69, 9.17) is 16.3 Å². The van der Waals surface area contributed by atoms with Crippen molar-refractivity contribution in [1.82, 2.24) is 14.3 Å². The number of amides is 1. The first-order chi connectivity index (χ1) is 15.1. The summed E-state index contributed by atoms with van der Waals surface area (Å²) in [4.78, 5) is 34.3. The van der Waals surface area contributed by atoms with E-state index in [9.17, 15) is 9.59 Å². The van der Waals surface area contributed by atoms with Gasteiger partial charge in [0, 0.05) is 25.4 Å². The van der Waals surface area contributed by atoms with Gasteiger partial charge in [-0.05, 0) is 43.5 Å². The molecule has 1 amide bonds. The monoisotopic (exact) mass is 438 g/mol. The average Bonchev–Trinajstić information content (AvgIpc) is 2.79. The summed E-state index contributed by atoms with van der Waals surface area (Å²) in [7, 11) is 0. The van der Waals surface area contributed by atoms with Crippen LogP contribution in [0.5, 0.6) is 5.75 Å². The van der Waals surface area contributed by atoms with Crippen molar-refractivity contribution < 1.29 is 9.53 Å². The lowest BCUT2D eigenvalue weighted by Gasteiger charge is -2.38. The number of hydrogen-bond donors (Lipinski definition) is 0. The van der Waals surface area contributed by atoms with Crippen molar-refractivity contribution in [3.05, 3.63) is 69.7 Å². The number of fused-ring (bicyclic) bond motifs is 2. The molecule has 1 saturated heterocycles. The molecule has 1 atom stereocenters. The van der Waals surface area contributed by atoms with Gasteiger partial charge in [-0.3, -0.25) is 14.0 Å². The Kier molecular flexibility index (Phi) is 5.28. The van der Waals surface area contributed by atoms with Crippen LogP contribution in [0, 0.1) is 0 Å². The molecule has 2 aliphatic rings. The van der Waals surface area contributed by atoms with Crippen LogP contribution >= 0.6 is 11.6 Å². The summed E-state index contributed by atoms with van der Waals surface area (Å²) in [5.41, 5.74) is 1.87. The molecular weight excluding hydrogens is 416 g/mol. The molecule has 0 N–H and O–H groups in total. The highest BCUT2D eigenvalue weighted by atomic mass is 35.5. The fraction of sp³-hybridized carbons (Fsp3) is 0.348. The number of carbonyl (C=O) groups excluding carboxylic acids is 1. The number of anilines is 1. The third-order valence-electron chi connectivity index (χ3n) is 5.83. The molecule has 7 nitrogen and oxygen atoms in total. The second-order valence-corrected chi connectivity index (χ2v) is 8.44. The Hall–Kier alpha value is -3.06. The molecule has 1 aromatic carbocycles. The lowest BCUT2D eigenvalue weighted by atomic mass is 10.1. The summed E-state index contributed by atoms with van der Waals surface area (Å²) in [5, 5.41) is 0.477. The van der Waals surface area contributed by atoms with Gasteiger partial charge in [0.05, 0.1) is 29.5 Å². The van der Waals surface area contributed by atoms with Gasteiger partial charge in [0.1, 0.15) is 11.4 Å². The summed E-state index contributed by atoms with van der Waals surface area (Å²) in [6.07, 6.45) is 4.22. The second kappa shape index (κ2) is 8.23. The maximum Gasteiger partial charge on any atom is 0.265 e. The third kappa shape index (κ3) is 3.97.